The molecule has 0 saturated carbocycles. The zero-order valence-corrected chi connectivity index (χ0v) is 9.85. The lowest BCUT2D eigenvalue weighted by Crippen LogP contribution is -2.40. The van der Waals surface area contributed by atoms with Gasteiger partial charge in [-0.2, -0.15) is 0 Å². The lowest BCUT2D eigenvalue weighted by Gasteiger charge is -2.20. The Morgan fingerprint density at radius 1 is 1.41 bits per heavy atom. The quantitative estimate of drug-likeness (QED) is 0.607. The fourth-order valence-corrected chi connectivity index (χ4v) is 1.23. The summed E-state index contributed by atoms with van der Waals surface area (Å²) >= 11 is 0. The van der Waals surface area contributed by atoms with Crippen molar-refractivity contribution in [1.82, 2.24) is 5.32 Å². The van der Waals surface area contributed by atoms with Crippen molar-refractivity contribution in [3.05, 3.63) is 33.9 Å². The van der Waals surface area contributed by atoms with Gasteiger partial charge in [-0.3, -0.25) is 14.9 Å². The summed E-state index contributed by atoms with van der Waals surface area (Å²) in [5.41, 5.74) is -0.815. The van der Waals surface area contributed by atoms with Gasteiger partial charge in [0.25, 0.3) is 11.6 Å². The molecule has 1 aromatic carbocycles. The summed E-state index contributed by atoms with van der Waals surface area (Å²) in [6.07, 6.45) is 0. The molecule has 0 unspecified atom stereocenters. The molecule has 17 heavy (non-hydrogen) atoms. The molecule has 1 aromatic rings. The van der Waals surface area contributed by atoms with Crippen LogP contribution in [0.3, 0.4) is 0 Å². The molecule has 0 spiro atoms. The van der Waals surface area contributed by atoms with E-state index in [-0.39, 0.29) is 17.0 Å². The van der Waals surface area contributed by atoms with Crippen LogP contribution in [0.4, 0.5) is 5.69 Å². The fourth-order valence-electron chi connectivity index (χ4n) is 1.23. The molecule has 0 saturated heterocycles. The van der Waals surface area contributed by atoms with Gasteiger partial charge in [-0.15, -0.1) is 0 Å². The second-order valence-corrected chi connectivity index (χ2v) is 4.66. The normalized spacial score (nSPS) is 11.0. The molecule has 0 fully saturated rings. The van der Waals surface area contributed by atoms with Crippen LogP contribution in [0.1, 0.15) is 31.1 Å². The molecule has 0 aliphatic carbocycles. The number of hydrogen-bond donors (Lipinski definition) is 2. The Balaban J connectivity index is 3.08. The summed E-state index contributed by atoms with van der Waals surface area (Å²) in [7, 11) is 0. The van der Waals surface area contributed by atoms with E-state index in [1.807, 2.05) is 0 Å². The van der Waals surface area contributed by atoms with Gasteiger partial charge in [-0.05, 0) is 26.8 Å². The second-order valence-electron chi connectivity index (χ2n) is 4.66. The zero-order chi connectivity index (χ0) is 13.2. The number of benzene rings is 1. The maximum Gasteiger partial charge on any atom is 0.270 e. The molecule has 0 radical (unpaired) electrons. The predicted molar refractivity (Wildman–Crippen MR) is 62.0 cm³/mol. The number of amides is 1. The van der Waals surface area contributed by atoms with Gasteiger partial charge in [0.05, 0.1) is 10.5 Å². The van der Waals surface area contributed by atoms with Crippen molar-refractivity contribution in [1.29, 1.82) is 0 Å². The Labute approximate surface area is 98.4 Å². The highest BCUT2D eigenvalue weighted by atomic mass is 16.6. The Morgan fingerprint density at radius 2 is 2.00 bits per heavy atom. The Morgan fingerprint density at radius 3 is 2.47 bits per heavy atom. The molecule has 0 atom stereocenters. The number of phenols is 1. The van der Waals surface area contributed by atoms with E-state index in [2.05, 4.69) is 5.32 Å². The zero-order valence-electron chi connectivity index (χ0n) is 9.85. The third-order valence-electron chi connectivity index (χ3n) is 1.92. The monoisotopic (exact) mass is 238 g/mol. The summed E-state index contributed by atoms with van der Waals surface area (Å²) in [4.78, 5) is 21.7. The van der Waals surface area contributed by atoms with Crippen LogP contribution in [0.2, 0.25) is 0 Å². The van der Waals surface area contributed by atoms with E-state index in [4.69, 9.17) is 0 Å². The molecule has 0 aliphatic heterocycles. The molecule has 0 bridgehead atoms. The summed E-state index contributed by atoms with van der Waals surface area (Å²) in [5, 5.41) is 22.7. The number of nitro groups is 1. The van der Waals surface area contributed by atoms with Gasteiger partial charge in [0.1, 0.15) is 5.75 Å². The molecule has 6 heteroatoms. The number of phenolic OH excluding ortho intramolecular Hbond substituents is 1. The Bertz CT molecular complexity index is 463. The minimum Gasteiger partial charge on any atom is -0.507 e. The minimum absolute atomic E-state index is 0.103. The topological polar surface area (TPSA) is 92.5 Å². The van der Waals surface area contributed by atoms with Crippen molar-refractivity contribution in [2.45, 2.75) is 26.3 Å². The van der Waals surface area contributed by atoms with Crippen molar-refractivity contribution in [3.63, 3.8) is 0 Å². The van der Waals surface area contributed by atoms with E-state index in [9.17, 15) is 20.0 Å². The average Bonchev–Trinajstić information content (AvgIpc) is 2.14. The van der Waals surface area contributed by atoms with E-state index >= 15 is 0 Å². The first-order chi connectivity index (χ1) is 7.70. The van der Waals surface area contributed by atoms with E-state index in [0.29, 0.717) is 0 Å². The third kappa shape index (κ3) is 3.44. The van der Waals surface area contributed by atoms with E-state index in [0.717, 1.165) is 18.2 Å². The van der Waals surface area contributed by atoms with Gasteiger partial charge in [0.2, 0.25) is 0 Å². The standard InChI is InChI=1S/C11H14N2O4/c1-11(2,3)12-10(15)8-6-7(13(16)17)4-5-9(8)14/h4-6,14H,1-3H3,(H,12,15). The first-order valence-electron chi connectivity index (χ1n) is 5.00. The smallest absolute Gasteiger partial charge is 0.270 e. The maximum atomic E-state index is 11.8. The van der Waals surface area contributed by atoms with Crippen molar-refractivity contribution < 1.29 is 14.8 Å². The van der Waals surface area contributed by atoms with Gasteiger partial charge < -0.3 is 10.4 Å². The summed E-state index contributed by atoms with van der Waals surface area (Å²) in [6.45, 7) is 5.33. The molecule has 92 valence electrons. The van der Waals surface area contributed by atoms with E-state index < -0.39 is 16.4 Å². The van der Waals surface area contributed by atoms with Crippen LogP contribution in [0, 0.1) is 10.1 Å². The molecule has 0 heterocycles. The highest BCUT2D eigenvalue weighted by molar-refractivity contribution is 5.97. The predicted octanol–water partition coefficient (Wildman–Crippen LogP) is 1.83. The summed E-state index contributed by atoms with van der Waals surface area (Å²) < 4.78 is 0. The van der Waals surface area contributed by atoms with Crippen LogP contribution in [0.5, 0.6) is 5.75 Å². The molecule has 0 aliphatic rings. The molecular weight excluding hydrogens is 224 g/mol. The number of carbonyl (C=O) groups is 1. The Hall–Kier alpha value is -2.11. The number of nitro benzene ring substituents is 1. The summed E-state index contributed by atoms with van der Waals surface area (Å²) in [5.74, 6) is -0.823. The first kappa shape index (κ1) is 13.0. The highest BCUT2D eigenvalue weighted by Gasteiger charge is 2.20. The van der Waals surface area contributed by atoms with Gasteiger partial charge in [0.15, 0.2) is 0 Å². The molecule has 6 nitrogen and oxygen atoms in total. The number of nitrogens with one attached hydrogen (secondary N) is 1. The Kier molecular flexibility index (Phi) is 3.36. The van der Waals surface area contributed by atoms with Crippen molar-refractivity contribution >= 4 is 11.6 Å². The molecule has 2 N–H and O–H groups in total. The van der Waals surface area contributed by atoms with Crippen molar-refractivity contribution in [2.24, 2.45) is 0 Å². The number of aromatic hydroxyl groups is 1. The van der Waals surface area contributed by atoms with Crippen LogP contribution in [-0.2, 0) is 0 Å². The lowest BCUT2D eigenvalue weighted by atomic mass is 10.1. The van der Waals surface area contributed by atoms with E-state index in [1.165, 1.54) is 0 Å². The highest BCUT2D eigenvalue weighted by Crippen LogP contribution is 2.23. The van der Waals surface area contributed by atoms with Gasteiger partial charge in [-0.25, -0.2) is 0 Å². The lowest BCUT2D eigenvalue weighted by molar-refractivity contribution is -0.384. The van der Waals surface area contributed by atoms with Crippen LogP contribution >= 0.6 is 0 Å². The van der Waals surface area contributed by atoms with Crippen LogP contribution in [0.15, 0.2) is 18.2 Å². The third-order valence-corrected chi connectivity index (χ3v) is 1.92. The number of hydrogen-bond acceptors (Lipinski definition) is 4. The maximum absolute atomic E-state index is 11.8. The average molecular weight is 238 g/mol. The first-order valence-corrected chi connectivity index (χ1v) is 5.00. The SMILES string of the molecule is CC(C)(C)NC(=O)c1cc([N+](=O)[O-])ccc1O. The number of carbonyl (C=O) groups excluding carboxylic acids is 1. The van der Waals surface area contributed by atoms with E-state index in [1.54, 1.807) is 20.8 Å². The van der Waals surface area contributed by atoms with Crippen molar-refractivity contribution in [3.8, 4) is 5.75 Å². The van der Waals surface area contributed by atoms with Crippen molar-refractivity contribution in [2.75, 3.05) is 0 Å². The molecule has 1 rings (SSSR count). The molecule has 0 aromatic heterocycles. The number of nitrogens with zero attached hydrogens (tertiary/aromatic N) is 1. The largest absolute Gasteiger partial charge is 0.507 e. The van der Waals surface area contributed by atoms with Crippen LogP contribution in [-0.4, -0.2) is 21.5 Å². The van der Waals surface area contributed by atoms with Crippen LogP contribution in [0.25, 0.3) is 0 Å². The van der Waals surface area contributed by atoms with Gasteiger partial charge in [-0.1, -0.05) is 0 Å². The van der Waals surface area contributed by atoms with Crippen LogP contribution < -0.4 is 5.32 Å². The fraction of sp³-hybridized carbons (Fsp3) is 0.364. The number of non-ortho nitro benzene ring substituents is 1. The molecular formula is C11H14N2O4. The summed E-state index contributed by atoms with van der Waals surface area (Å²) in [6, 6.07) is 3.33. The van der Waals surface area contributed by atoms with Gasteiger partial charge >= 0.3 is 0 Å². The second kappa shape index (κ2) is 4.40. The van der Waals surface area contributed by atoms with Gasteiger partial charge in [0, 0.05) is 17.7 Å². The minimum atomic E-state index is -0.618. The number of rotatable bonds is 2. The molecule has 1 amide bonds.